The molecule has 0 saturated heterocycles. The Bertz CT molecular complexity index is 1160. The second kappa shape index (κ2) is 8.64. The van der Waals surface area contributed by atoms with Crippen molar-refractivity contribution in [2.45, 2.75) is 45.3 Å². The number of aromatic nitrogens is 3. The predicted octanol–water partition coefficient (Wildman–Crippen LogP) is 4.71. The van der Waals surface area contributed by atoms with E-state index < -0.39 is 11.7 Å². The molecule has 2 heterocycles. The number of pyridine rings is 1. The van der Waals surface area contributed by atoms with Crippen LogP contribution in [-0.2, 0) is 12.0 Å². The Balaban J connectivity index is 1.71. The lowest BCUT2D eigenvalue weighted by molar-refractivity contribution is -0.0688. The summed E-state index contributed by atoms with van der Waals surface area (Å²) in [5, 5.41) is 7.81. The molecule has 0 bridgehead atoms. The van der Waals surface area contributed by atoms with E-state index in [4.69, 9.17) is 5.73 Å². The first-order valence-electron chi connectivity index (χ1n) is 10.2. The summed E-state index contributed by atoms with van der Waals surface area (Å²) in [6.45, 7) is 9.47. The van der Waals surface area contributed by atoms with E-state index in [1.165, 1.54) is 6.20 Å². The summed E-state index contributed by atoms with van der Waals surface area (Å²) in [5.74, 6) is -0.262. The van der Waals surface area contributed by atoms with Crippen molar-refractivity contribution in [2.75, 3.05) is 12.3 Å². The highest BCUT2D eigenvalue weighted by molar-refractivity contribution is 5.99. The summed E-state index contributed by atoms with van der Waals surface area (Å²) in [5.41, 5.74) is 5.78. The number of anilines is 1. The number of rotatable bonds is 6. The molecule has 0 aliphatic heterocycles. The average molecular weight is 445 g/mol. The molecule has 3 aromatic rings. The fraction of sp³-hybridized carbons (Fsp3) is 0.348. The predicted molar refractivity (Wildman–Crippen MR) is 119 cm³/mol. The summed E-state index contributed by atoms with van der Waals surface area (Å²) in [4.78, 5) is 16.5. The van der Waals surface area contributed by atoms with E-state index in [9.17, 15) is 18.0 Å². The Morgan fingerprint density at radius 2 is 1.94 bits per heavy atom. The largest absolute Gasteiger partial charge is 0.417 e. The Labute approximate surface area is 184 Å². The lowest BCUT2D eigenvalue weighted by Gasteiger charge is -2.18. The van der Waals surface area contributed by atoms with E-state index in [0.29, 0.717) is 47.1 Å². The number of carbonyl (C=O) groups excluding carboxylic acids is 1. The number of benzene rings is 1. The molecule has 32 heavy (non-hydrogen) atoms. The number of hydrogen-bond donors (Lipinski definition) is 2. The normalized spacial score (nSPS) is 12.2. The van der Waals surface area contributed by atoms with Crippen molar-refractivity contribution in [1.82, 2.24) is 20.1 Å². The van der Waals surface area contributed by atoms with Crippen molar-refractivity contribution in [3.05, 3.63) is 60.2 Å². The van der Waals surface area contributed by atoms with Gasteiger partial charge >= 0.3 is 6.18 Å². The topological polar surface area (TPSA) is 85.8 Å². The maximum absolute atomic E-state index is 13.3. The van der Waals surface area contributed by atoms with Crippen LogP contribution in [0, 0.1) is 0 Å². The van der Waals surface area contributed by atoms with E-state index in [-0.39, 0.29) is 17.1 Å². The molecule has 2 aromatic heterocycles. The lowest BCUT2D eigenvalue weighted by atomic mass is 10.0. The second-order valence-electron chi connectivity index (χ2n) is 8.58. The fourth-order valence-electron chi connectivity index (χ4n) is 3.23. The summed E-state index contributed by atoms with van der Waals surface area (Å²) in [6, 6.07) is 6.45. The van der Waals surface area contributed by atoms with E-state index in [1.807, 2.05) is 20.8 Å². The SMILES string of the molecule is C=C(c1nc(CCCNC(=O)c2cnn(C(C)(C)C)c2)cc2c(N)cccc12)C(F)(F)F. The van der Waals surface area contributed by atoms with Crippen LogP contribution in [0.5, 0.6) is 0 Å². The average Bonchev–Trinajstić information content (AvgIpc) is 3.21. The highest BCUT2D eigenvalue weighted by atomic mass is 19.4. The molecule has 0 radical (unpaired) electrons. The van der Waals surface area contributed by atoms with Crippen LogP contribution in [0.4, 0.5) is 18.9 Å². The van der Waals surface area contributed by atoms with Gasteiger partial charge in [-0.2, -0.15) is 18.3 Å². The molecule has 1 amide bonds. The number of halogens is 3. The van der Waals surface area contributed by atoms with Crippen molar-refractivity contribution in [3.8, 4) is 0 Å². The van der Waals surface area contributed by atoms with Crippen molar-refractivity contribution >= 4 is 27.9 Å². The number of nitrogens with one attached hydrogen (secondary N) is 1. The van der Waals surface area contributed by atoms with Crippen LogP contribution in [0.25, 0.3) is 16.3 Å². The van der Waals surface area contributed by atoms with Crippen LogP contribution in [-0.4, -0.2) is 33.4 Å². The number of nitrogens with two attached hydrogens (primary N) is 1. The fourth-order valence-corrected chi connectivity index (χ4v) is 3.23. The zero-order valence-corrected chi connectivity index (χ0v) is 18.3. The lowest BCUT2D eigenvalue weighted by Crippen LogP contribution is -2.25. The first-order valence-corrected chi connectivity index (χ1v) is 10.2. The number of amides is 1. The zero-order valence-electron chi connectivity index (χ0n) is 18.3. The Kier molecular flexibility index (Phi) is 6.29. The van der Waals surface area contributed by atoms with Gasteiger partial charge in [0, 0.05) is 34.9 Å². The van der Waals surface area contributed by atoms with E-state index in [1.54, 1.807) is 35.1 Å². The van der Waals surface area contributed by atoms with E-state index in [2.05, 4.69) is 22.0 Å². The standard InChI is InChI=1S/C23H26F3N5O/c1-14(23(24,25)26)20-17-8-5-9-19(27)18(17)11-16(30-20)7-6-10-28-21(32)15-12-29-31(13-15)22(2,3)4/h5,8-9,11-13H,1,6-7,10,27H2,2-4H3,(H,28,32). The van der Waals surface area contributed by atoms with Crippen LogP contribution in [0.1, 0.15) is 48.9 Å². The molecule has 1 aromatic carbocycles. The highest BCUT2D eigenvalue weighted by Gasteiger charge is 2.35. The van der Waals surface area contributed by atoms with E-state index >= 15 is 0 Å². The van der Waals surface area contributed by atoms with Crippen LogP contribution in [0.3, 0.4) is 0 Å². The highest BCUT2D eigenvalue weighted by Crippen LogP contribution is 2.36. The number of nitrogens with zero attached hydrogens (tertiary/aromatic N) is 3. The van der Waals surface area contributed by atoms with Crippen LogP contribution >= 0.6 is 0 Å². The third-order valence-electron chi connectivity index (χ3n) is 5.02. The third-order valence-corrected chi connectivity index (χ3v) is 5.02. The minimum absolute atomic E-state index is 0.226. The molecule has 6 nitrogen and oxygen atoms in total. The molecule has 0 unspecified atom stereocenters. The Hall–Kier alpha value is -3.36. The van der Waals surface area contributed by atoms with Gasteiger partial charge < -0.3 is 11.1 Å². The molecule has 0 spiro atoms. The van der Waals surface area contributed by atoms with Crippen molar-refractivity contribution < 1.29 is 18.0 Å². The molecular formula is C23H26F3N5O. The molecule has 0 saturated carbocycles. The molecule has 0 aliphatic carbocycles. The molecule has 3 N–H and O–H groups in total. The first-order chi connectivity index (χ1) is 14.9. The van der Waals surface area contributed by atoms with Gasteiger partial charge in [0.05, 0.1) is 28.6 Å². The van der Waals surface area contributed by atoms with Crippen molar-refractivity contribution in [3.63, 3.8) is 0 Å². The number of allylic oxidation sites excluding steroid dienone is 1. The van der Waals surface area contributed by atoms with Gasteiger partial charge in [-0.3, -0.25) is 14.5 Å². The second-order valence-corrected chi connectivity index (χ2v) is 8.58. The summed E-state index contributed by atoms with van der Waals surface area (Å²) < 4.78 is 41.6. The number of hydrogen-bond acceptors (Lipinski definition) is 4. The van der Waals surface area contributed by atoms with Gasteiger partial charge in [-0.25, -0.2) is 0 Å². The molecule has 3 rings (SSSR count). The van der Waals surface area contributed by atoms with Gasteiger partial charge in [0.2, 0.25) is 0 Å². The maximum Gasteiger partial charge on any atom is 0.417 e. The van der Waals surface area contributed by atoms with Crippen LogP contribution in [0.15, 0.2) is 43.2 Å². The van der Waals surface area contributed by atoms with Crippen LogP contribution < -0.4 is 11.1 Å². The minimum Gasteiger partial charge on any atom is -0.398 e. The van der Waals surface area contributed by atoms with Crippen molar-refractivity contribution in [2.24, 2.45) is 0 Å². The van der Waals surface area contributed by atoms with E-state index in [0.717, 1.165) is 0 Å². The number of fused-ring (bicyclic) bond motifs is 1. The quantitative estimate of drug-likeness (QED) is 0.425. The summed E-state index contributed by atoms with van der Waals surface area (Å²) in [6.07, 6.45) is -0.567. The van der Waals surface area contributed by atoms with Crippen molar-refractivity contribution in [1.29, 1.82) is 0 Å². The number of aryl methyl sites for hydroxylation is 1. The van der Waals surface area contributed by atoms with Crippen LogP contribution in [0.2, 0.25) is 0 Å². The minimum atomic E-state index is -4.60. The molecule has 0 fully saturated rings. The number of nitrogen functional groups attached to an aromatic ring is 1. The smallest absolute Gasteiger partial charge is 0.398 e. The maximum atomic E-state index is 13.3. The monoisotopic (exact) mass is 445 g/mol. The van der Waals surface area contributed by atoms with Gasteiger partial charge in [0.1, 0.15) is 0 Å². The Morgan fingerprint density at radius 3 is 2.56 bits per heavy atom. The molecule has 9 heteroatoms. The third kappa shape index (κ3) is 5.09. The number of alkyl halides is 3. The summed E-state index contributed by atoms with van der Waals surface area (Å²) in [7, 11) is 0. The molecule has 0 aliphatic rings. The van der Waals surface area contributed by atoms with Gasteiger partial charge in [-0.15, -0.1) is 0 Å². The molecular weight excluding hydrogens is 419 g/mol. The van der Waals surface area contributed by atoms with Gasteiger partial charge in [-0.1, -0.05) is 18.7 Å². The Morgan fingerprint density at radius 1 is 1.22 bits per heavy atom. The summed E-state index contributed by atoms with van der Waals surface area (Å²) >= 11 is 0. The molecule has 0 atom stereocenters. The van der Waals surface area contributed by atoms with Gasteiger partial charge in [0.25, 0.3) is 5.91 Å². The zero-order chi connectivity index (χ0) is 23.7. The van der Waals surface area contributed by atoms with Gasteiger partial charge in [-0.05, 0) is 45.7 Å². The van der Waals surface area contributed by atoms with Gasteiger partial charge in [0.15, 0.2) is 0 Å². The molecule has 170 valence electrons. The number of carbonyl (C=O) groups is 1. The first kappa shape index (κ1) is 23.3.